The summed E-state index contributed by atoms with van der Waals surface area (Å²) in [5.74, 6) is 0. The van der Waals surface area contributed by atoms with E-state index in [-0.39, 0.29) is 5.41 Å². The summed E-state index contributed by atoms with van der Waals surface area (Å²) in [4.78, 5) is 10.8. The number of hydrogen-bond acceptors (Lipinski definition) is 2. The highest BCUT2D eigenvalue weighted by atomic mass is 16.1. The molecular formula is C14H21NO. The molecule has 0 unspecified atom stereocenters. The zero-order chi connectivity index (χ0) is 12.4. The third-order valence-electron chi connectivity index (χ3n) is 2.51. The molecule has 0 aromatic heterocycles. The van der Waals surface area contributed by atoms with Gasteiger partial charge in [0.05, 0.1) is 5.54 Å². The van der Waals surface area contributed by atoms with Crippen LogP contribution in [0.15, 0.2) is 24.3 Å². The number of aldehydes is 1. The Morgan fingerprint density at radius 2 is 1.50 bits per heavy atom. The summed E-state index contributed by atoms with van der Waals surface area (Å²) in [6.07, 6.45) is 0.921. The highest BCUT2D eigenvalue weighted by Gasteiger charge is 2.16. The minimum atomic E-state index is -0.511. The monoisotopic (exact) mass is 219 g/mol. The van der Waals surface area contributed by atoms with Crippen LogP contribution in [0, 0.1) is 0 Å². The molecule has 16 heavy (non-hydrogen) atoms. The van der Waals surface area contributed by atoms with E-state index in [1.807, 2.05) is 26.0 Å². The number of benzene rings is 1. The molecule has 0 atom stereocenters. The number of carbonyl (C=O) groups excluding carboxylic acids is 1. The van der Waals surface area contributed by atoms with Gasteiger partial charge in [-0.25, -0.2) is 0 Å². The van der Waals surface area contributed by atoms with E-state index in [1.165, 1.54) is 5.56 Å². The minimum Gasteiger partial charge on any atom is -0.373 e. The summed E-state index contributed by atoms with van der Waals surface area (Å²) >= 11 is 0. The number of hydrogen-bond donors (Lipinski definition) is 1. The Kier molecular flexibility index (Phi) is 3.41. The van der Waals surface area contributed by atoms with E-state index >= 15 is 0 Å². The third-order valence-corrected chi connectivity index (χ3v) is 2.51. The van der Waals surface area contributed by atoms with Crippen LogP contribution in [0.4, 0.5) is 5.69 Å². The van der Waals surface area contributed by atoms with Crippen molar-refractivity contribution in [2.24, 2.45) is 0 Å². The van der Waals surface area contributed by atoms with E-state index in [0.29, 0.717) is 0 Å². The van der Waals surface area contributed by atoms with Crippen molar-refractivity contribution in [2.45, 2.75) is 45.6 Å². The van der Waals surface area contributed by atoms with Gasteiger partial charge in [-0.05, 0) is 37.0 Å². The van der Waals surface area contributed by atoms with E-state index in [2.05, 4.69) is 38.2 Å². The van der Waals surface area contributed by atoms with E-state index in [1.54, 1.807) is 0 Å². The summed E-state index contributed by atoms with van der Waals surface area (Å²) in [5, 5.41) is 3.18. The number of carbonyl (C=O) groups is 1. The second-order valence-electron chi connectivity index (χ2n) is 5.79. The van der Waals surface area contributed by atoms with Crippen molar-refractivity contribution in [3.05, 3.63) is 29.8 Å². The van der Waals surface area contributed by atoms with E-state index in [0.717, 1.165) is 12.0 Å². The molecule has 2 nitrogen and oxygen atoms in total. The molecule has 2 heteroatoms. The van der Waals surface area contributed by atoms with Crippen molar-refractivity contribution in [1.82, 2.24) is 0 Å². The maximum Gasteiger partial charge on any atom is 0.144 e. The second kappa shape index (κ2) is 4.28. The molecule has 0 amide bonds. The summed E-state index contributed by atoms with van der Waals surface area (Å²) in [5.41, 5.74) is 1.93. The largest absolute Gasteiger partial charge is 0.373 e. The molecule has 0 aliphatic rings. The Morgan fingerprint density at radius 1 is 1.00 bits per heavy atom. The van der Waals surface area contributed by atoms with Gasteiger partial charge in [-0.2, -0.15) is 0 Å². The smallest absolute Gasteiger partial charge is 0.144 e. The third kappa shape index (κ3) is 3.37. The fraction of sp³-hybridized carbons (Fsp3) is 0.500. The summed E-state index contributed by atoms with van der Waals surface area (Å²) < 4.78 is 0. The maximum atomic E-state index is 10.8. The normalized spacial score (nSPS) is 12.3. The van der Waals surface area contributed by atoms with Crippen LogP contribution < -0.4 is 5.32 Å². The van der Waals surface area contributed by atoms with E-state index in [4.69, 9.17) is 0 Å². The Labute approximate surface area is 98.1 Å². The zero-order valence-corrected chi connectivity index (χ0v) is 10.8. The van der Waals surface area contributed by atoms with Crippen molar-refractivity contribution < 1.29 is 4.79 Å². The molecule has 0 spiro atoms. The fourth-order valence-corrected chi connectivity index (χ4v) is 1.46. The lowest BCUT2D eigenvalue weighted by Crippen LogP contribution is -2.32. The molecular weight excluding hydrogens is 198 g/mol. The van der Waals surface area contributed by atoms with E-state index in [9.17, 15) is 4.79 Å². The lowest BCUT2D eigenvalue weighted by atomic mass is 9.87. The second-order valence-corrected chi connectivity index (χ2v) is 5.79. The Hall–Kier alpha value is -1.31. The van der Waals surface area contributed by atoms with Gasteiger partial charge in [0.2, 0.25) is 0 Å². The first kappa shape index (κ1) is 12.8. The van der Waals surface area contributed by atoms with Crippen molar-refractivity contribution in [3.8, 4) is 0 Å². The van der Waals surface area contributed by atoms with Crippen LogP contribution in [0.5, 0.6) is 0 Å². The molecule has 0 saturated heterocycles. The summed E-state index contributed by atoms with van der Waals surface area (Å²) in [6.45, 7) is 10.3. The van der Waals surface area contributed by atoms with Gasteiger partial charge in [-0.1, -0.05) is 32.9 Å². The van der Waals surface area contributed by atoms with Gasteiger partial charge in [-0.3, -0.25) is 0 Å². The van der Waals surface area contributed by atoms with Crippen LogP contribution in [0.25, 0.3) is 0 Å². The van der Waals surface area contributed by atoms with Gasteiger partial charge >= 0.3 is 0 Å². The molecule has 88 valence electrons. The lowest BCUT2D eigenvalue weighted by molar-refractivity contribution is -0.110. The van der Waals surface area contributed by atoms with Crippen molar-refractivity contribution in [1.29, 1.82) is 0 Å². The standard InChI is InChI=1S/C14H21NO/c1-13(2,3)11-6-8-12(9-7-11)15-14(4,5)10-16/h6-10,15H,1-5H3. The molecule has 1 aromatic carbocycles. The fourth-order valence-electron chi connectivity index (χ4n) is 1.46. The Bertz CT molecular complexity index is 357. The molecule has 0 heterocycles. The van der Waals surface area contributed by atoms with Crippen molar-refractivity contribution in [2.75, 3.05) is 5.32 Å². The molecule has 0 fully saturated rings. The molecule has 1 rings (SSSR count). The SMILES string of the molecule is CC(C)(C=O)Nc1ccc(C(C)(C)C)cc1. The zero-order valence-electron chi connectivity index (χ0n) is 10.8. The highest BCUT2D eigenvalue weighted by Crippen LogP contribution is 2.24. The van der Waals surface area contributed by atoms with Gasteiger partial charge in [0, 0.05) is 5.69 Å². The Morgan fingerprint density at radius 3 is 1.88 bits per heavy atom. The summed E-state index contributed by atoms with van der Waals surface area (Å²) in [7, 11) is 0. The molecule has 0 aliphatic heterocycles. The first-order chi connectivity index (χ1) is 7.24. The van der Waals surface area contributed by atoms with Crippen LogP contribution in [-0.2, 0) is 10.2 Å². The van der Waals surface area contributed by atoms with E-state index < -0.39 is 5.54 Å². The molecule has 1 N–H and O–H groups in total. The molecule has 1 aromatic rings. The average molecular weight is 219 g/mol. The number of nitrogens with one attached hydrogen (secondary N) is 1. The maximum absolute atomic E-state index is 10.8. The van der Waals surface area contributed by atoms with Crippen LogP contribution in [0.1, 0.15) is 40.2 Å². The van der Waals surface area contributed by atoms with Gasteiger partial charge in [-0.15, -0.1) is 0 Å². The molecule has 0 aliphatic carbocycles. The highest BCUT2D eigenvalue weighted by molar-refractivity contribution is 5.69. The van der Waals surface area contributed by atoms with Gasteiger partial charge < -0.3 is 10.1 Å². The molecule has 0 bridgehead atoms. The van der Waals surface area contributed by atoms with Crippen LogP contribution >= 0.6 is 0 Å². The van der Waals surface area contributed by atoms with Gasteiger partial charge in [0.15, 0.2) is 0 Å². The first-order valence-corrected chi connectivity index (χ1v) is 5.60. The van der Waals surface area contributed by atoms with Crippen molar-refractivity contribution in [3.63, 3.8) is 0 Å². The number of rotatable bonds is 3. The topological polar surface area (TPSA) is 29.1 Å². The average Bonchev–Trinajstić information content (AvgIpc) is 2.16. The molecule has 0 radical (unpaired) electrons. The van der Waals surface area contributed by atoms with Gasteiger partial charge in [0.1, 0.15) is 6.29 Å². The predicted molar refractivity (Wildman–Crippen MR) is 68.9 cm³/mol. The molecule has 0 saturated carbocycles. The van der Waals surface area contributed by atoms with Gasteiger partial charge in [0.25, 0.3) is 0 Å². The predicted octanol–water partition coefficient (Wildman–Crippen LogP) is 3.37. The first-order valence-electron chi connectivity index (χ1n) is 5.60. The lowest BCUT2D eigenvalue weighted by Gasteiger charge is -2.23. The van der Waals surface area contributed by atoms with Crippen LogP contribution in [0.2, 0.25) is 0 Å². The minimum absolute atomic E-state index is 0.165. The number of anilines is 1. The quantitative estimate of drug-likeness (QED) is 0.790. The Balaban J connectivity index is 2.84. The summed E-state index contributed by atoms with van der Waals surface area (Å²) in [6, 6.07) is 8.24. The van der Waals surface area contributed by atoms with Crippen LogP contribution in [0.3, 0.4) is 0 Å². The van der Waals surface area contributed by atoms with Crippen LogP contribution in [-0.4, -0.2) is 11.8 Å². The van der Waals surface area contributed by atoms with Crippen molar-refractivity contribution >= 4 is 12.0 Å².